The minimum absolute atomic E-state index is 0.510. The first-order valence-electron chi connectivity index (χ1n) is 6.21. The summed E-state index contributed by atoms with van der Waals surface area (Å²) in [5.41, 5.74) is 1.83. The number of anilines is 1. The third-order valence-corrected chi connectivity index (χ3v) is 3.59. The largest absolute Gasteiger partial charge is 0.491 e. The molecule has 0 aliphatic rings. The highest BCUT2D eigenvalue weighted by Gasteiger charge is 2.09. The molecule has 0 spiro atoms. The van der Waals surface area contributed by atoms with Crippen molar-refractivity contribution in [3.05, 3.63) is 57.0 Å². The van der Waals surface area contributed by atoms with E-state index in [4.69, 9.17) is 39.5 Å². The number of rotatable bonds is 5. The topological polar surface area (TPSA) is 21.3 Å². The molecule has 20 heavy (non-hydrogen) atoms. The van der Waals surface area contributed by atoms with Crippen molar-refractivity contribution in [2.24, 2.45) is 0 Å². The van der Waals surface area contributed by atoms with Crippen LogP contribution in [0.1, 0.15) is 12.5 Å². The average molecular weight is 331 g/mol. The van der Waals surface area contributed by atoms with Gasteiger partial charge in [0.1, 0.15) is 0 Å². The van der Waals surface area contributed by atoms with Crippen LogP contribution in [0.2, 0.25) is 15.1 Å². The average Bonchev–Trinajstić information content (AvgIpc) is 2.42. The van der Waals surface area contributed by atoms with Crippen LogP contribution in [0.15, 0.2) is 36.4 Å². The Morgan fingerprint density at radius 3 is 2.25 bits per heavy atom. The molecule has 106 valence electrons. The molecule has 0 aliphatic heterocycles. The number of para-hydroxylation sites is 1. The number of hydrogen-bond acceptors (Lipinski definition) is 2. The van der Waals surface area contributed by atoms with Gasteiger partial charge in [0.05, 0.1) is 27.4 Å². The van der Waals surface area contributed by atoms with Crippen LogP contribution >= 0.6 is 34.8 Å². The second kappa shape index (κ2) is 7.07. The number of ether oxygens (including phenoxy) is 1. The molecule has 5 heteroatoms. The molecule has 0 atom stereocenters. The Hall–Kier alpha value is -1.09. The highest BCUT2D eigenvalue weighted by atomic mass is 35.5. The summed E-state index contributed by atoms with van der Waals surface area (Å²) < 4.78 is 5.40. The molecule has 2 aromatic rings. The predicted molar refractivity (Wildman–Crippen MR) is 86.4 cm³/mol. The van der Waals surface area contributed by atoms with Gasteiger partial charge < -0.3 is 10.1 Å². The Morgan fingerprint density at radius 2 is 1.65 bits per heavy atom. The lowest BCUT2D eigenvalue weighted by atomic mass is 10.2. The number of nitrogens with one attached hydrogen (secondary N) is 1. The molecule has 0 unspecified atom stereocenters. The van der Waals surface area contributed by atoms with Gasteiger partial charge in [0.2, 0.25) is 0 Å². The Bertz CT molecular complexity index is 578. The van der Waals surface area contributed by atoms with Gasteiger partial charge in [-0.25, -0.2) is 0 Å². The van der Waals surface area contributed by atoms with E-state index < -0.39 is 0 Å². The quantitative estimate of drug-likeness (QED) is 0.764. The van der Waals surface area contributed by atoms with E-state index in [1.165, 1.54) is 0 Å². The van der Waals surface area contributed by atoms with E-state index in [9.17, 15) is 0 Å². The standard InChI is InChI=1S/C15H14Cl3NO/c1-2-20-15-12(17)7-10(8-13(15)18)9-19-14-6-4-3-5-11(14)16/h3-8,19H,2,9H2,1H3. The third-order valence-electron chi connectivity index (χ3n) is 2.70. The van der Waals surface area contributed by atoms with Crippen LogP contribution in [0.4, 0.5) is 5.69 Å². The summed E-state index contributed by atoms with van der Waals surface area (Å²) in [6, 6.07) is 11.2. The van der Waals surface area contributed by atoms with Gasteiger partial charge in [0, 0.05) is 6.54 Å². The first kappa shape index (κ1) is 15.3. The van der Waals surface area contributed by atoms with Crippen molar-refractivity contribution in [1.82, 2.24) is 0 Å². The zero-order valence-corrected chi connectivity index (χ0v) is 13.2. The summed E-state index contributed by atoms with van der Waals surface area (Å²) in [7, 11) is 0. The highest BCUT2D eigenvalue weighted by molar-refractivity contribution is 6.37. The maximum absolute atomic E-state index is 6.16. The molecule has 2 aromatic carbocycles. The van der Waals surface area contributed by atoms with E-state index in [-0.39, 0.29) is 0 Å². The molecule has 0 saturated heterocycles. The van der Waals surface area contributed by atoms with Crippen molar-refractivity contribution in [3.63, 3.8) is 0 Å². The molecule has 0 aromatic heterocycles. The molecule has 0 aliphatic carbocycles. The molecule has 2 nitrogen and oxygen atoms in total. The van der Waals surface area contributed by atoms with Crippen molar-refractivity contribution in [1.29, 1.82) is 0 Å². The molecule has 0 amide bonds. The Labute approximate surface area is 133 Å². The van der Waals surface area contributed by atoms with Gasteiger partial charge in [0.25, 0.3) is 0 Å². The highest BCUT2D eigenvalue weighted by Crippen LogP contribution is 2.34. The summed E-state index contributed by atoms with van der Waals surface area (Å²) in [5.74, 6) is 0.525. The summed E-state index contributed by atoms with van der Waals surface area (Å²) in [6.07, 6.45) is 0. The Balaban J connectivity index is 2.13. The van der Waals surface area contributed by atoms with Gasteiger partial charge in [-0.05, 0) is 36.8 Å². The summed E-state index contributed by atoms with van der Waals surface area (Å²) in [5, 5.41) is 4.94. The van der Waals surface area contributed by atoms with E-state index >= 15 is 0 Å². The maximum Gasteiger partial charge on any atom is 0.156 e. The van der Waals surface area contributed by atoms with Crippen LogP contribution in [-0.2, 0) is 6.54 Å². The third kappa shape index (κ3) is 3.72. The number of benzene rings is 2. The number of hydrogen-bond donors (Lipinski definition) is 1. The maximum atomic E-state index is 6.16. The minimum Gasteiger partial charge on any atom is -0.491 e. The van der Waals surface area contributed by atoms with Crippen LogP contribution in [0.25, 0.3) is 0 Å². The molecule has 0 fully saturated rings. The minimum atomic E-state index is 0.510. The lowest BCUT2D eigenvalue weighted by Crippen LogP contribution is -2.01. The summed E-state index contributed by atoms with van der Waals surface area (Å²) in [6.45, 7) is 2.99. The summed E-state index contributed by atoms with van der Waals surface area (Å²) in [4.78, 5) is 0. The van der Waals surface area contributed by atoms with Crippen molar-refractivity contribution < 1.29 is 4.74 Å². The van der Waals surface area contributed by atoms with Crippen LogP contribution in [0.3, 0.4) is 0 Å². The predicted octanol–water partition coefficient (Wildman–Crippen LogP) is 5.66. The first-order chi connectivity index (χ1) is 9.61. The van der Waals surface area contributed by atoms with Gasteiger partial charge in [-0.2, -0.15) is 0 Å². The van der Waals surface area contributed by atoms with E-state index in [0.717, 1.165) is 11.3 Å². The van der Waals surface area contributed by atoms with E-state index in [0.29, 0.717) is 34.0 Å². The molecular formula is C15H14Cl3NO. The van der Waals surface area contributed by atoms with E-state index in [1.807, 2.05) is 43.3 Å². The number of halogens is 3. The zero-order valence-electron chi connectivity index (χ0n) is 10.9. The molecular weight excluding hydrogens is 317 g/mol. The summed E-state index contributed by atoms with van der Waals surface area (Å²) >= 11 is 18.4. The van der Waals surface area contributed by atoms with E-state index in [1.54, 1.807) is 0 Å². The van der Waals surface area contributed by atoms with Crippen LogP contribution in [-0.4, -0.2) is 6.61 Å². The SMILES string of the molecule is CCOc1c(Cl)cc(CNc2ccccc2Cl)cc1Cl. The second-order valence-corrected chi connectivity index (χ2v) is 5.38. The monoisotopic (exact) mass is 329 g/mol. The van der Waals surface area contributed by atoms with Crippen LogP contribution in [0.5, 0.6) is 5.75 Å². The lowest BCUT2D eigenvalue weighted by Gasteiger charge is -2.12. The first-order valence-corrected chi connectivity index (χ1v) is 7.34. The Morgan fingerprint density at radius 1 is 1.00 bits per heavy atom. The molecule has 0 bridgehead atoms. The van der Waals surface area contributed by atoms with Crippen LogP contribution < -0.4 is 10.1 Å². The van der Waals surface area contributed by atoms with Gasteiger partial charge >= 0.3 is 0 Å². The smallest absolute Gasteiger partial charge is 0.156 e. The molecule has 1 N–H and O–H groups in total. The normalized spacial score (nSPS) is 10.4. The van der Waals surface area contributed by atoms with Crippen LogP contribution in [0, 0.1) is 0 Å². The Kier molecular flexibility index (Phi) is 5.41. The molecule has 0 heterocycles. The van der Waals surface area contributed by atoms with Crippen molar-refractivity contribution >= 4 is 40.5 Å². The van der Waals surface area contributed by atoms with E-state index in [2.05, 4.69) is 5.32 Å². The van der Waals surface area contributed by atoms with Gasteiger partial charge in [0.15, 0.2) is 5.75 Å². The van der Waals surface area contributed by atoms with Crippen molar-refractivity contribution in [3.8, 4) is 5.75 Å². The second-order valence-electron chi connectivity index (χ2n) is 4.16. The van der Waals surface area contributed by atoms with Gasteiger partial charge in [-0.3, -0.25) is 0 Å². The fourth-order valence-corrected chi connectivity index (χ4v) is 2.64. The van der Waals surface area contributed by atoms with Crippen molar-refractivity contribution in [2.45, 2.75) is 13.5 Å². The molecule has 0 radical (unpaired) electrons. The van der Waals surface area contributed by atoms with Gasteiger partial charge in [-0.15, -0.1) is 0 Å². The van der Waals surface area contributed by atoms with Gasteiger partial charge in [-0.1, -0.05) is 46.9 Å². The molecule has 0 saturated carbocycles. The van der Waals surface area contributed by atoms with Crippen molar-refractivity contribution in [2.75, 3.05) is 11.9 Å². The molecule has 2 rings (SSSR count). The lowest BCUT2D eigenvalue weighted by molar-refractivity contribution is 0.340. The zero-order chi connectivity index (χ0) is 14.5. The fourth-order valence-electron chi connectivity index (χ4n) is 1.80. The fraction of sp³-hybridized carbons (Fsp3) is 0.200.